The molecule has 3 rings (SSSR count). The minimum absolute atomic E-state index is 0.0257. The second kappa shape index (κ2) is 7.51. The highest BCUT2D eigenvalue weighted by molar-refractivity contribution is 5.90. The topological polar surface area (TPSA) is 200 Å². The number of aliphatic hydroxyl groups is 3. The van der Waals surface area contributed by atoms with E-state index < -0.39 is 54.5 Å². The van der Waals surface area contributed by atoms with Crippen LogP contribution in [-0.4, -0.2) is 88.0 Å². The van der Waals surface area contributed by atoms with Crippen molar-refractivity contribution in [2.45, 2.75) is 44.4 Å². The Kier molecular flexibility index (Phi) is 5.40. The number of hydrogen-bond acceptors (Lipinski definition) is 10. The van der Waals surface area contributed by atoms with Crippen molar-refractivity contribution >= 4 is 28.9 Å². The molecule has 1 saturated heterocycles. The summed E-state index contributed by atoms with van der Waals surface area (Å²) in [5.74, 6) is -2.74. The van der Waals surface area contributed by atoms with E-state index in [1.807, 2.05) is 0 Å². The van der Waals surface area contributed by atoms with Gasteiger partial charge in [-0.1, -0.05) is 0 Å². The van der Waals surface area contributed by atoms with E-state index in [2.05, 4.69) is 20.3 Å². The fourth-order valence-corrected chi connectivity index (χ4v) is 3.06. The van der Waals surface area contributed by atoms with Crippen LogP contribution in [0.15, 0.2) is 12.7 Å². The van der Waals surface area contributed by atoms with Gasteiger partial charge in [0, 0.05) is 0 Å². The van der Waals surface area contributed by atoms with Crippen molar-refractivity contribution < 1.29 is 39.9 Å². The zero-order valence-corrected chi connectivity index (χ0v) is 15.5. The lowest BCUT2D eigenvalue weighted by atomic mass is 9.84. The highest BCUT2D eigenvalue weighted by Crippen LogP contribution is 2.33. The average molecular weight is 411 g/mol. The molecule has 5 unspecified atom stereocenters. The van der Waals surface area contributed by atoms with E-state index in [9.17, 15) is 35.1 Å². The van der Waals surface area contributed by atoms with Crippen LogP contribution in [0.5, 0.6) is 0 Å². The number of nitrogens with one attached hydrogen (secondary N) is 1. The molecule has 0 aliphatic carbocycles. The highest BCUT2D eigenvalue weighted by Gasteiger charge is 2.45. The Balaban J connectivity index is 1.98. The maximum atomic E-state index is 11.7. The fraction of sp³-hybridized carbons (Fsp3) is 0.562. The molecule has 6 N–H and O–H groups in total. The molecule has 0 radical (unpaired) electrons. The molecule has 1 fully saturated rings. The van der Waals surface area contributed by atoms with Crippen LogP contribution >= 0.6 is 0 Å². The Morgan fingerprint density at radius 3 is 2.48 bits per heavy atom. The van der Waals surface area contributed by atoms with Gasteiger partial charge in [-0.25, -0.2) is 19.7 Å². The standard InChI is InChI=1S/C16H21N5O8/c1-16(2,15(27)28)10(14(25)26)20-11-7-12(18-4-17-11)21(5-19-7)13-9(24)8(23)6(3-22)29-13/h4-6,8-10,13,22-24H,3H2,1-2H3,(H,25,26)(H,27,28)(H,17,18,20). The summed E-state index contributed by atoms with van der Waals surface area (Å²) < 4.78 is 6.76. The summed E-state index contributed by atoms with van der Waals surface area (Å²) in [5.41, 5.74) is -1.41. The predicted molar refractivity (Wildman–Crippen MR) is 94.8 cm³/mol. The Morgan fingerprint density at radius 2 is 1.93 bits per heavy atom. The molecule has 1 aliphatic rings. The Hall–Kier alpha value is -2.87. The minimum atomic E-state index is -1.67. The van der Waals surface area contributed by atoms with Crippen molar-refractivity contribution in [3.63, 3.8) is 0 Å². The molecule has 0 saturated carbocycles. The van der Waals surface area contributed by atoms with Crippen LogP contribution in [0.2, 0.25) is 0 Å². The number of aliphatic carboxylic acids is 2. The molecule has 0 spiro atoms. The normalized spacial score (nSPS) is 25.8. The number of carbonyl (C=O) groups is 2. The van der Waals surface area contributed by atoms with Crippen molar-refractivity contribution in [2.24, 2.45) is 5.41 Å². The fourth-order valence-electron chi connectivity index (χ4n) is 3.06. The van der Waals surface area contributed by atoms with E-state index in [1.165, 1.54) is 24.7 Å². The van der Waals surface area contributed by atoms with E-state index in [4.69, 9.17) is 4.74 Å². The van der Waals surface area contributed by atoms with Crippen molar-refractivity contribution in [1.29, 1.82) is 0 Å². The average Bonchev–Trinajstić information content (AvgIpc) is 3.21. The number of anilines is 1. The molecule has 3 heterocycles. The lowest BCUT2D eigenvalue weighted by Gasteiger charge is -2.28. The van der Waals surface area contributed by atoms with Gasteiger partial charge in [-0.3, -0.25) is 9.36 Å². The second-order valence-electron chi connectivity index (χ2n) is 7.22. The number of hydrogen-bond donors (Lipinski definition) is 6. The smallest absolute Gasteiger partial charge is 0.327 e. The van der Waals surface area contributed by atoms with Crippen molar-refractivity contribution in [3.05, 3.63) is 12.7 Å². The van der Waals surface area contributed by atoms with Crippen LogP contribution < -0.4 is 5.32 Å². The third-order valence-corrected chi connectivity index (χ3v) is 4.95. The van der Waals surface area contributed by atoms with Gasteiger partial charge in [0.25, 0.3) is 0 Å². The Bertz CT molecular complexity index is 931. The molecule has 2 aromatic heterocycles. The summed E-state index contributed by atoms with van der Waals surface area (Å²) in [6.07, 6.45) is -2.43. The van der Waals surface area contributed by atoms with Gasteiger partial charge in [0.1, 0.15) is 30.7 Å². The number of aliphatic hydroxyl groups excluding tert-OH is 3. The summed E-state index contributed by atoms with van der Waals surface area (Å²) in [7, 11) is 0. The molecule has 0 amide bonds. The molecule has 1 aliphatic heterocycles. The first kappa shape index (κ1) is 20.9. The first-order chi connectivity index (χ1) is 13.6. The van der Waals surface area contributed by atoms with Gasteiger partial charge >= 0.3 is 11.9 Å². The minimum Gasteiger partial charge on any atom is -0.481 e. The van der Waals surface area contributed by atoms with Gasteiger partial charge in [-0.15, -0.1) is 0 Å². The summed E-state index contributed by atoms with van der Waals surface area (Å²) in [6, 6.07) is -1.53. The van der Waals surface area contributed by atoms with Crippen molar-refractivity contribution in [2.75, 3.05) is 11.9 Å². The number of fused-ring (bicyclic) bond motifs is 1. The maximum absolute atomic E-state index is 11.7. The van der Waals surface area contributed by atoms with Gasteiger partial charge < -0.3 is 35.6 Å². The monoisotopic (exact) mass is 411 g/mol. The predicted octanol–water partition coefficient (Wildman–Crippen LogP) is -1.59. The van der Waals surface area contributed by atoms with Crippen molar-refractivity contribution in [3.8, 4) is 0 Å². The lowest BCUT2D eigenvalue weighted by molar-refractivity contribution is -0.154. The van der Waals surface area contributed by atoms with E-state index in [1.54, 1.807) is 0 Å². The molecular weight excluding hydrogens is 390 g/mol. The van der Waals surface area contributed by atoms with Crippen LogP contribution in [0.3, 0.4) is 0 Å². The van der Waals surface area contributed by atoms with Crippen LogP contribution in [0, 0.1) is 5.41 Å². The largest absolute Gasteiger partial charge is 0.481 e. The Morgan fingerprint density at radius 1 is 1.24 bits per heavy atom. The molecule has 5 atom stereocenters. The van der Waals surface area contributed by atoms with Crippen LogP contribution in [0.25, 0.3) is 11.2 Å². The number of nitrogens with zero attached hydrogens (tertiary/aromatic N) is 4. The SMILES string of the molecule is CC(C)(C(=O)O)C(Nc1ncnc2c1ncn2C1OC(CO)C(O)C1O)C(=O)O. The summed E-state index contributed by atoms with van der Waals surface area (Å²) >= 11 is 0. The van der Waals surface area contributed by atoms with E-state index in [-0.39, 0.29) is 17.0 Å². The van der Waals surface area contributed by atoms with Gasteiger partial charge in [0.05, 0.1) is 18.3 Å². The number of carboxylic acids is 2. The molecular formula is C16H21N5O8. The molecule has 0 bridgehead atoms. The molecule has 13 heteroatoms. The molecule has 158 valence electrons. The first-order valence-corrected chi connectivity index (χ1v) is 8.62. The number of carboxylic acid groups (broad SMARTS) is 2. The number of ether oxygens (including phenoxy) is 1. The zero-order valence-electron chi connectivity index (χ0n) is 15.5. The third kappa shape index (κ3) is 3.48. The summed E-state index contributed by atoms with van der Waals surface area (Å²) in [6.45, 7) is 2.02. The molecule has 13 nitrogen and oxygen atoms in total. The summed E-state index contributed by atoms with van der Waals surface area (Å²) in [5, 5.41) is 50.8. The number of rotatable bonds is 7. The Labute approximate surface area is 163 Å². The van der Waals surface area contributed by atoms with Crippen molar-refractivity contribution in [1.82, 2.24) is 19.5 Å². The highest BCUT2D eigenvalue weighted by atomic mass is 16.6. The van der Waals surface area contributed by atoms with Crippen LogP contribution in [-0.2, 0) is 14.3 Å². The van der Waals surface area contributed by atoms with Crippen LogP contribution in [0.1, 0.15) is 20.1 Å². The van der Waals surface area contributed by atoms with Gasteiger partial charge in [-0.05, 0) is 13.8 Å². The second-order valence-corrected chi connectivity index (χ2v) is 7.22. The van der Waals surface area contributed by atoms with Crippen LogP contribution in [0.4, 0.5) is 5.82 Å². The molecule has 0 aromatic carbocycles. The van der Waals surface area contributed by atoms with Gasteiger partial charge in [0.2, 0.25) is 0 Å². The van der Waals surface area contributed by atoms with E-state index >= 15 is 0 Å². The summed E-state index contributed by atoms with van der Waals surface area (Å²) in [4.78, 5) is 35.3. The van der Waals surface area contributed by atoms with Gasteiger partial charge in [0.15, 0.2) is 23.2 Å². The molecule has 2 aromatic rings. The van der Waals surface area contributed by atoms with Gasteiger partial charge in [-0.2, -0.15) is 0 Å². The van der Waals surface area contributed by atoms with E-state index in [0.717, 1.165) is 6.33 Å². The number of aromatic nitrogens is 4. The zero-order chi connectivity index (χ0) is 21.5. The lowest BCUT2D eigenvalue weighted by Crippen LogP contribution is -2.47. The number of imidazole rings is 1. The first-order valence-electron chi connectivity index (χ1n) is 8.62. The van der Waals surface area contributed by atoms with E-state index in [0.29, 0.717) is 0 Å². The molecule has 29 heavy (non-hydrogen) atoms. The quantitative estimate of drug-likeness (QED) is 0.306. The maximum Gasteiger partial charge on any atom is 0.327 e. The third-order valence-electron chi connectivity index (χ3n) is 4.95.